The van der Waals surface area contributed by atoms with Crippen LogP contribution in [0.1, 0.15) is 65.6 Å². The Morgan fingerprint density at radius 3 is 1.83 bits per heavy atom. The van der Waals surface area contributed by atoms with Gasteiger partial charge in [-0.25, -0.2) is 0 Å². The first-order valence-corrected chi connectivity index (χ1v) is 19.3. The molecule has 0 saturated heterocycles. The Morgan fingerprint density at radius 1 is 0.547 bits per heavy atom. The van der Waals surface area contributed by atoms with E-state index in [1.807, 2.05) is 0 Å². The second-order valence-electron chi connectivity index (χ2n) is 16.4. The van der Waals surface area contributed by atoms with E-state index >= 15 is 0 Å². The Kier molecular flexibility index (Phi) is 5.79. The number of fused-ring (bicyclic) bond motifs is 20. The van der Waals surface area contributed by atoms with Crippen LogP contribution in [0.5, 0.6) is 0 Å². The lowest BCUT2D eigenvalue weighted by molar-refractivity contribution is 0.484. The maximum absolute atomic E-state index is 2.65. The fraction of sp³-hybridized carbons (Fsp3) is 0.154. The van der Waals surface area contributed by atoms with Gasteiger partial charge >= 0.3 is 0 Å². The lowest BCUT2D eigenvalue weighted by atomic mass is 9.67. The molecular formula is C52H39N. The molecule has 0 radical (unpaired) electrons. The number of nitrogens with zero attached hydrogens (tertiary/aromatic N) is 1. The van der Waals surface area contributed by atoms with Crippen LogP contribution in [-0.4, -0.2) is 0 Å². The zero-order valence-corrected chi connectivity index (χ0v) is 30.1. The minimum atomic E-state index is -0.374. The van der Waals surface area contributed by atoms with Gasteiger partial charge in [-0.05, 0) is 121 Å². The first-order chi connectivity index (χ1) is 26.0. The number of benzene rings is 6. The van der Waals surface area contributed by atoms with E-state index in [0.717, 1.165) is 12.8 Å². The minimum Gasteiger partial charge on any atom is -0.314 e. The molecule has 6 aliphatic rings. The van der Waals surface area contributed by atoms with Crippen molar-refractivity contribution in [2.75, 3.05) is 4.90 Å². The van der Waals surface area contributed by atoms with Crippen LogP contribution in [0.4, 0.5) is 11.4 Å². The Bertz CT molecular complexity index is 2680. The van der Waals surface area contributed by atoms with Gasteiger partial charge in [0, 0.05) is 22.4 Å². The highest BCUT2D eigenvalue weighted by molar-refractivity contribution is 5.98. The molecule has 2 unspecified atom stereocenters. The van der Waals surface area contributed by atoms with E-state index in [2.05, 4.69) is 183 Å². The quantitative estimate of drug-likeness (QED) is 0.167. The van der Waals surface area contributed by atoms with Crippen molar-refractivity contribution >= 4 is 22.5 Å². The van der Waals surface area contributed by atoms with Crippen molar-refractivity contribution in [3.8, 4) is 22.3 Å². The summed E-state index contributed by atoms with van der Waals surface area (Å²) in [7, 11) is 0. The summed E-state index contributed by atoms with van der Waals surface area (Å²) in [5, 5.41) is 0. The molecule has 0 aromatic heterocycles. The summed E-state index contributed by atoms with van der Waals surface area (Å²) in [5.41, 5.74) is 23.2. The maximum Gasteiger partial charge on any atom is 0.0723 e. The average Bonchev–Trinajstić information content (AvgIpc) is 3.77. The van der Waals surface area contributed by atoms with Gasteiger partial charge in [-0.2, -0.15) is 0 Å². The number of anilines is 2. The molecule has 6 aromatic rings. The highest BCUT2D eigenvalue weighted by atomic mass is 15.2. The van der Waals surface area contributed by atoms with E-state index < -0.39 is 0 Å². The van der Waals surface area contributed by atoms with Crippen LogP contribution in [0.15, 0.2) is 175 Å². The largest absolute Gasteiger partial charge is 0.314 e. The third-order valence-corrected chi connectivity index (χ3v) is 13.6. The molecule has 1 nitrogen and oxygen atoms in total. The van der Waals surface area contributed by atoms with Gasteiger partial charge in [0.05, 0.1) is 11.1 Å². The fourth-order valence-corrected chi connectivity index (χ4v) is 11.4. The van der Waals surface area contributed by atoms with Crippen LogP contribution in [0.2, 0.25) is 0 Å². The number of hydrogen-bond donors (Lipinski definition) is 0. The van der Waals surface area contributed by atoms with Gasteiger partial charge in [0.2, 0.25) is 0 Å². The first kappa shape index (κ1) is 29.6. The standard InChI is InChI=1S/C52H39N/c1-51(2)43-21-8-3-17-37(43)40-27-26-34(30-47(40)51)53-35-29-42(33-15-13-14-32(28-33)36-16-7-12-25-49(36)53)50-41-20-6-11-24-46(41)52(48(50)31-35)44-22-9-4-18-38(44)39-19-5-10-23-45(39)52/h3-27,30-31,33,42H,28-29H2,1-2H3. The summed E-state index contributed by atoms with van der Waals surface area (Å²) in [4.78, 5) is 2.65. The minimum absolute atomic E-state index is 0.0856. The maximum atomic E-state index is 2.65. The van der Waals surface area contributed by atoms with Crippen LogP contribution in [0, 0.1) is 11.8 Å². The molecular weight excluding hydrogens is 639 g/mol. The highest BCUT2D eigenvalue weighted by Crippen LogP contribution is 2.66. The molecule has 12 rings (SSSR count). The van der Waals surface area contributed by atoms with Crippen molar-refractivity contribution in [3.63, 3.8) is 0 Å². The molecule has 1 aliphatic heterocycles. The van der Waals surface area contributed by atoms with Gasteiger partial charge in [0.15, 0.2) is 0 Å². The van der Waals surface area contributed by atoms with Gasteiger partial charge in [0.25, 0.3) is 0 Å². The van der Waals surface area contributed by atoms with Crippen LogP contribution >= 0.6 is 0 Å². The molecule has 1 heteroatoms. The molecule has 4 bridgehead atoms. The van der Waals surface area contributed by atoms with Crippen molar-refractivity contribution in [3.05, 3.63) is 214 Å². The van der Waals surface area contributed by atoms with Gasteiger partial charge in [-0.3, -0.25) is 0 Å². The van der Waals surface area contributed by atoms with E-state index in [-0.39, 0.29) is 10.8 Å². The third kappa shape index (κ3) is 3.68. The van der Waals surface area contributed by atoms with Gasteiger partial charge in [-0.1, -0.05) is 153 Å². The summed E-state index contributed by atoms with van der Waals surface area (Å²) >= 11 is 0. The number of allylic oxidation sites excluding steroid dienone is 8. The Hall–Kier alpha value is -5.92. The fourth-order valence-electron chi connectivity index (χ4n) is 11.4. The van der Waals surface area contributed by atoms with Crippen molar-refractivity contribution in [2.24, 2.45) is 11.8 Å². The molecule has 53 heavy (non-hydrogen) atoms. The molecule has 1 heterocycles. The summed E-state index contributed by atoms with van der Waals surface area (Å²) in [6.45, 7) is 4.80. The Labute approximate surface area is 312 Å². The molecule has 252 valence electrons. The second kappa shape index (κ2) is 10.4. The van der Waals surface area contributed by atoms with Crippen molar-refractivity contribution < 1.29 is 0 Å². The van der Waals surface area contributed by atoms with Gasteiger partial charge in [-0.15, -0.1) is 0 Å². The van der Waals surface area contributed by atoms with E-state index in [9.17, 15) is 0 Å². The van der Waals surface area contributed by atoms with Crippen LogP contribution in [-0.2, 0) is 10.8 Å². The predicted octanol–water partition coefficient (Wildman–Crippen LogP) is 12.8. The predicted molar refractivity (Wildman–Crippen MR) is 219 cm³/mol. The number of para-hydroxylation sites is 1. The number of rotatable bonds is 1. The van der Waals surface area contributed by atoms with Crippen molar-refractivity contribution in [2.45, 2.75) is 37.5 Å². The monoisotopic (exact) mass is 677 g/mol. The summed E-state index contributed by atoms with van der Waals surface area (Å²) in [5.74, 6) is 0.720. The third-order valence-electron chi connectivity index (χ3n) is 13.6. The second-order valence-corrected chi connectivity index (χ2v) is 16.4. The Morgan fingerprint density at radius 2 is 1.11 bits per heavy atom. The van der Waals surface area contributed by atoms with Gasteiger partial charge in [0.1, 0.15) is 0 Å². The SMILES string of the molecule is CC1(C)c2ccccc2-c2ccc(N3C4=CC5=C(c6ccccc6C56c5ccccc5-c5ccccc56)C(C4)C4C=CC=C(C4)c4ccccc43)cc21. The van der Waals surface area contributed by atoms with E-state index in [1.165, 1.54) is 89.4 Å². The molecule has 2 atom stereocenters. The van der Waals surface area contributed by atoms with Crippen LogP contribution in [0.3, 0.4) is 0 Å². The molecule has 0 saturated carbocycles. The van der Waals surface area contributed by atoms with Gasteiger partial charge < -0.3 is 4.90 Å². The topological polar surface area (TPSA) is 3.24 Å². The summed E-state index contributed by atoms with van der Waals surface area (Å²) in [6.07, 6.45) is 11.9. The zero-order chi connectivity index (χ0) is 35.1. The van der Waals surface area contributed by atoms with E-state index in [4.69, 9.17) is 0 Å². The van der Waals surface area contributed by atoms with E-state index in [1.54, 1.807) is 5.57 Å². The van der Waals surface area contributed by atoms with Crippen molar-refractivity contribution in [1.82, 2.24) is 0 Å². The zero-order valence-electron chi connectivity index (χ0n) is 30.1. The first-order valence-electron chi connectivity index (χ1n) is 19.3. The number of hydrogen-bond acceptors (Lipinski definition) is 1. The van der Waals surface area contributed by atoms with Crippen LogP contribution < -0.4 is 4.90 Å². The normalized spacial score (nSPS) is 21.2. The average molecular weight is 678 g/mol. The van der Waals surface area contributed by atoms with Crippen LogP contribution in [0.25, 0.3) is 33.4 Å². The Balaban J connectivity index is 1.17. The smallest absolute Gasteiger partial charge is 0.0723 e. The molecule has 0 amide bonds. The lowest BCUT2D eigenvalue weighted by Crippen LogP contribution is -2.30. The molecule has 0 fully saturated rings. The molecule has 6 aromatic carbocycles. The summed E-state index contributed by atoms with van der Waals surface area (Å²) < 4.78 is 0. The highest BCUT2D eigenvalue weighted by Gasteiger charge is 2.55. The summed E-state index contributed by atoms with van der Waals surface area (Å²) in [6, 6.07) is 53.3. The molecule has 1 spiro atoms. The molecule has 0 N–H and O–H groups in total. The van der Waals surface area contributed by atoms with Crippen molar-refractivity contribution in [1.29, 1.82) is 0 Å². The molecule has 5 aliphatic carbocycles. The van der Waals surface area contributed by atoms with E-state index in [0.29, 0.717) is 11.8 Å². The lowest BCUT2D eigenvalue weighted by Gasteiger charge is -2.39.